The first-order valence-electron chi connectivity index (χ1n) is 4.16. The fourth-order valence-electron chi connectivity index (χ4n) is 0.750. The summed E-state index contributed by atoms with van der Waals surface area (Å²) in [5, 5.41) is 17.8. The van der Waals surface area contributed by atoms with Gasteiger partial charge in [0.1, 0.15) is 11.9 Å². The Bertz CT molecular complexity index is 241. The van der Waals surface area contributed by atoms with Crippen molar-refractivity contribution in [1.82, 2.24) is 0 Å². The van der Waals surface area contributed by atoms with E-state index in [1.807, 2.05) is 13.8 Å². The molecule has 0 saturated carbocycles. The topological polar surface area (TPSA) is 57.5 Å². The summed E-state index contributed by atoms with van der Waals surface area (Å²) in [6.45, 7) is 4.00. The second-order valence-electron chi connectivity index (χ2n) is 2.17. The normalized spacial score (nSPS) is 11.0. The van der Waals surface area contributed by atoms with Crippen LogP contribution in [0.15, 0.2) is 24.3 Å². The first-order valence-corrected chi connectivity index (χ1v) is 4.16. The molecule has 0 radical (unpaired) electrons. The van der Waals surface area contributed by atoms with Crippen LogP contribution in [-0.4, -0.2) is 16.5 Å². The maximum Gasteiger partial charge on any atom is 0.153 e. The summed E-state index contributed by atoms with van der Waals surface area (Å²) in [6.07, 6.45) is -0.651. The van der Waals surface area contributed by atoms with Crippen LogP contribution in [0.4, 0.5) is 0 Å². The molecule has 1 rings (SSSR count). The number of phenols is 1. The molecule has 2 N–H and O–H groups in total. The van der Waals surface area contributed by atoms with Crippen LogP contribution in [0.1, 0.15) is 25.5 Å². The Kier molecular flexibility index (Phi) is 5.55. The highest BCUT2D eigenvalue weighted by molar-refractivity contribution is 5.59. The number of carbonyl (C=O) groups excluding carboxylic acids is 1. The molecule has 1 unspecified atom stereocenters. The van der Waals surface area contributed by atoms with E-state index in [0.29, 0.717) is 11.8 Å². The van der Waals surface area contributed by atoms with E-state index >= 15 is 0 Å². The molecule has 0 saturated heterocycles. The van der Waals surface area contributed by atoms with E-state index in [-0.39, 0.29) is 5.75 Å². The maximum atomic E-state index is 10.1. The fraction of sp³-hybridized carbons (Fsp3) is 0.300. The Hall–Kier alpha value is -1.35. The van der Waals surface area contributed by atoms with Crippen LogP contribution in [0.3, 0.4) is 0 Å². The van der Waals surface area contributed by atoms with E-state index in [4.69, 9.17) is 10.2 Å². The maximum absolute atomic E-state index is 10.1. The van der Waals surface area contributed by atoms with Crippen molar-refractivity contribution in [3.63, 3.8) is 0 Å². The van der Waals surface area contributed by atoms with E-state index in [9.17, 15) is 4.79 Å². The zero-order valence-electron chi connectivity index (χ0n) is 7.77. The van der Waals surface area contributed by atoms with E-state index in [2.05, 4.69) is 0 Å². The molecule has 72 valence electrons. The number of aliphatic hydroxyl groups is 1. The van der Waals surface area contributed by atoms with Gasteiger partial charge in [-0.15, -0.1) is 0 Å². The number of carbonyl (C=O) groups is 1. The van der Waals surface area contributed by atoms with Gasteiger partial charge in [0.05, 0.1) is 0 Å². The number of hydrogen-bond acceptors (Lipinski definition) is 3. The van der Waals surface area contributed by atoms with Crippen LogP contribution in [0, 0.1) is 0 Å². The van der Waals surface area contributed by atoms with Gasteiger partial charge in [0.15, 0.2) is 6.29 Å². The van der Waals surface area contributed by atoms with Crippen LogP contribution < -0.4 is 0 Å². The Morgan fingerprint density at radius 2 is 1.69 bits per heavy atom. The first-order chi connectivity index (χ1) is 6.24. The van der Waals surface area contributed by atoms with Gasteiger partial charge in [-0.1, -0.05) is 26.0 Å². The number of phenolic OH excluding ortho intramolecular Hbond substituents is 1. The monoisotopic (exact) mass is 182 g/mol. The standard InChI is InChI=1S/C8H8O3.C2H6/c9-5-8(11)6-1-3-7(10)4-2-6;1-2/h1-5,8,10-11H;1-2H3. The highest BCUT2D eigenvalue weighted by atomic mass is 16.3. The van der Waals surface area contributed by atoms with Gasteiger partial charge < -0.3 is 15.0 Å². The molecule has 0 bridgehead atoms. The van der Waals surface area contributed by atoms with E-state index in [1.54, 1.807) is 0 Å². The first kappa shape index (κ1) is 11.6. The lowest BCUT2D eigenvalue weighted by molar-refractivity contribution is -0.115. The lowest BCUT2D eigenvalue weighted by Crippen LogP contribution is -1.96. The Labute approximate surface area is 77.6 Å². The van der Waals surface area contributed by atoms with Gasteiger partial charge in [-0.05, 0) is 17.7 Å². The molecular formula is C10H14O3. The summed E-state index contributed by atoms with van der Waals surface area (Å²) >= 11 is 0. The molecule has 1 atom stereocenters. The highest BCUT2D eigenvalue weighted by Gasteiger charge is 2.03. The molecule has 1 aromatic carbocycles. The third kappa shape index (κ3) is 3.71. The molecule has 0 aromatic heterocycles. The van der Waals surface area contributed by atoms with Crippen molar-refractivity contribution in [1.29, 1.82) is 0 Å². The quantitative estimate of drug-likeness (QED) is 0.684. The van der Waals surface area contributed by atoms with Gasteiger partial charge in [-0.2, -0.15) is 0 Å². The molecule has 3 heteroatoms. The highest BCUT2D eigenvalue weighted by Crippen LogP contribution is 2.14. The summed E-state index contributed by atoms with van der Waals surface area (Å²) in [7, 11) is 0. The molecule has 0 aliphatic heterocycles. The second-order valence-corrected chi connectivity index (χ2v) is 2.17. The zero-order chi connectivity index (χ0) is 10.3. The second kappa shape index (κ2) is 6.20. The largest absolute Gasteiger partial charge is 0.508 e. The molecule has 0 heterocycles. The summed E-state index contributed by atoms with van der Waals surface area (Å²) in [4.78, 5) is 10.1. The average molecular weight is 182 g/mol. The van der Waals surface area contributed by atoms with Gasteiger partial charge in [0, 0.05) is 0 Å². The minimum atomic E-state index is -1.09. The molecule has 3 nitrogen and oxygen atoms in total. The lowest BCUT2D eigenvalue weighted by Gasteiger charge is -2.01. The minimum Gasteiger partial charge on any atom is -0.508 e. The molecule has 0 aliphatic carbocycles. The Morgan fingerprint density at radius 1 is 1.23 bits per heavy atom. The molecular weight excluding hydrogens is 168 g/mol. The van der Waals surface area contributed by atoms with E-state index < -0.39 is 6.10 Å². The van der Waals surface area contributed by atoms with Crippen LogP contribution in [0.5, 0.6) is 5.75 Å². The fourth-order valence-corrected chi connectivity index (χ4v) is 0.750. The molecule has 0 fully saturated rings. The van der Waals surface area contributed by atoms with E-state index in [1.165, 1.54) is 24.3 Å². The summed E-state index contributed by atoms with van der Waals surface area (Å²) < 4.78 is 0. The van der Waals surface area contributed by atoms with Gasteiger partial charge in [0.25, 0.3) is 0 Å². The number of aliphatic hydroxyl groups excluding tert-OH is 1. The van der Waals surface area contributed by atoms with Gasteiger partial charge in [-0.3, -0.25) is 0 Å². The number of aldehydes is 1. The van der Waals surface area contributed by atoms with Crippen LogP contribution >= 0.6 is 0 Å². The van der Waals surface area contributed by atoms with Crippen LogP contribution in [0.2, 0.25) is 0 Å². The molecule has 0 aliphatic rings. The van der Waals surface area contributed by atoms with Crippen molar-refractivity contribution in [3.8, 4) is 5.75 Å². The van der Waals surface area contributed by atoms with Crippen molar-refractivity contribution in [2.75, 3.05) is 0 Å². The minimum absolute atomic E-state index is 0.117. The molecule has 0 amide bonds. The molecule has 13 heavy (non-hydrogen) atoms. The SMILES string of the molecule is CC.O=CC(O)c1ccc(O)cc1. The molecule has 0 spiro atoms. The number of benzene rings is 1. The Morgan fingerprint density at radius 3 is 2.08 bits per heavy atom. The van der Waals surface area contributed by atoms with Crippen LogP contribution in [-0.2, 0) is 4.79 Å². The number of aromatic hydroxyl groups is 1. The number of hydrogen-bond donors (Lipinski definition) is 2. The third-order valence-electron chi connectivity index (χ3n) is 1.36. The van der Waals surface area contributed by atoms with Gasteiger partial charge in [-0.25, -0.2) is 0 Å². The van der Waals surface area contributed by atoms with E-state index in [0.717, 1.165) is 0 Å². The third-order valence-corrected chi connectivity index (χ3v) is 1.36. The van der Waals surface area contributed by atoms with Crippen molar-refractivity contribution >= 4 is 6.29 Å². The molecule has 1 aromatic rings. The predicted octanol–water partition coefficient (Wildman–Crippen LogP) is 1.65. The van der Waals surface area contributed by atoms with Crippen molar-refractivity contribution in [2.24, 2.45) is 0 Å². The zero-order valence-corrected chi connectivity index (χ0v) is 7.77. The number of rotatable bonds is 2. The lowest BCUT2D eigenvalue weighted by atomic mass is 10.1. The average Bonchev–Trinajstić information content (AvgIpc) is 2.21. The van der Waals surface area contributed by atoms with Crippen molar-refractivity contribution in [3.05, 3.63) is 29.8 Å². The van der Waals surface area contributed by atoms with Crippen molar-refractivity contribution < 1.29 is 15.0 Å². The Balaban J connectivity index is 0.000000671. The summed E-state index contributed by atoms with van der Waals surface area (Å²) in [5.41, 5.74) is 0.484. The van der Waals surface area contributed by atoms with Crippen molar-refractivity contribution in [2.45, 2.75) is 20.0 Å². The van der Waals surface area contributed by atoms with Gasteiger partial charge in [0.2, 0.25) is 0 Å². The predicted molar refractivity (Wildman–Crippen MR) is 50.5 cm³/mol. The van der Waals surface area contributed by atoms with Crippen LogP contribution in [0.25, 0.3) is 0 Å². The summed E-state index contributed by atoms with van der Waals surface area (Å²) in [5.74, 6) is 0.117. The summed E-state index contributed by atoms with van der Waals surface area (Å²) in [6, 6.07) is 5.83. The smallest absolute Gasteiger partial charge is 0.153 e. The van der Waals surface area contributed by atoms with Gasteiger partial charge >= 0.3 is 0 Å².